The van der Waals surface area contributed by atoms with Crippen LogP contribution in [0.5, 0.6) is 0 Å². The van der Waals surface area contributed by atoms with Crippen molar-refractivity contribution in [3.8, 4) is 0 Å². The van der Waals surface area contributed by atoms with E-state index in [4.69, 9.17) is 0 Å². The Bertz CT molecular complexity index is 545. The summed E-state index contributed by atoms with van der Waals surface area (Å²) < 4.78 is 0. The fourth-order valence-corrected chi connectivity index (χ4v) is 3.32. The second-order valence-corrected chi connectivity index (χ2v) is 6.98. The molecule has 24 heavy (non-hydrogen) atoms. The van der Waals surface area contributed by atoms with Crippen LogP contribution in [0.3, 0.4) is 0 Å². The standard InChI is InChI=1S/C19H28N2O3/c1-14(2)12-16(15-8-4-3-5-9-15)20-18(22)13-21-11-7-6-10-17(21)19(23)24/h3-5,8-9,14,16-17H,6-7,10-13H2,1-2H3,(H,20,22)(H,23,24). The van der Waals surface area contributed by atoms with Crippen LogP contribution in [0.4, 0.5) is 0 Å². The largest absolute Gasteiger partial charge is 0.480 e. The van der Waals surface area contributed by atoms with E-state index in [2.05, 4.69) is 19.2 Å². The van der Waals surface area contributed by atoms with Gasteiger partial charge in [0.15, 0.2) is 0 Å². The monoisotopic (exact) mass is 332 g/mol. The van der Waals surface area contributed by atoms with Crippen LogP contribution in [-0.4, -0.2) is 41.0 Å². The number of amides is 1. The quantitative estimate of drug-likeness (QED) is 0.805. The number of aliphatic carboxylic acids is 1. The molecular weight excluding hydrogens is 304 g/mol. The Morgan fingerprint density at radius 2 is 1.96 bits per heavy atom. The average molecular weight is 332 g/mol. The Morgan fingerprint density at radius 3 is 2.58 bits per heavy atom. The lowest BCUT2D eigenvalue weighted by Crippen LogP contribution is -2.49. The molecule has 2 atom stereocenters. The third kappa shape index (κ3) is 5.34. The zero-order valence-electron chi connectivity index (χ0n) is 14.6. The molecule has 0 saturated carbocycles. The van der Waals surface area contributed by atoms with Gasteiger partial charge in [-0.2, -0.15) is 0 Å². The Balaban J connectivity index is 2.00. The van der Waals surface area contributed by atoms with Gasteiger partial charge in [0.1, 0.15) is 6.04 Å². The molecule has 1 aromatic rings. The maximum Gasteiger partial charge on any atom is 0.320 e. The number of hydrogen-bond acceptors (Lipinski definition) is 3. The number of carbonyl (C=O) groups excluding carboxylic acids is 1. The van der Waals surface area contributed by atoms with E-state index in [1.54, 1.807) is 4.90 Å². The summed E-state index contributed by atoms with van der Waals surface area (Å²) in [7, 11) is 0. The predicted molar refractivity (Wildman–Crippen MR) is 93.6 cm³/mol. The minimum Gasteiger partial charge on any atom is -0.480 e. The van der Waals surface area contributed by atoms with Crippen LogP contribution in [0, 0.1) is 5.92 Å². The summed E-state index contributed by atoms with van der Waals surface area (Å²) >= 11 is 0. The molecule has 1 amide bonds. The number of benzene rings is 1. The molecule has 2 rings (SSSR count). The Labute approximate surface area is 144 Å². The first kappa shape index (κ1) is 18.5. The van der Waals surface area contributed by atoms with Crippen molar-refractivity contribution < 1.29 is 14.7 Å². The van der Waals surface area contributed by atoms with E-state index in [-0.39, 0.29) is 18.5 Å². The highest BCUT2D eigenvalue weighted by Gasteiger charge is 2.30. The van der Waals surface area contributed by atoms with Gasteiger partial charge in [-0.25, -0.2) is 0 Å². The molecule has 0 aromatic heterocycles. The van der Waals surface area contributed by atoms with Crippen LogP contribution in [0.1, 0.15) is 51.1 Å². The van der Waals surface area contributed by atoms with Gasteiger partial charge in [-0.05, 0) is 37.3 Å². The summed E-state index contributed by atoms with van der Waals surface area (Å²) in [6.45, 7) is 5.09. The van der Waals surface area contributed by atoms with Gasteiger partial charge in [0.25, 0.3) is 0 Å². The molecule has 0 radical (unpaired) electrons. The van der Waals surface area contributed by atoms with Crippen molar-refractivity contribution in [2.75, 3.05) is 13.1 Å². The van der Waals surface area contributed by atoms with Crippen molar-refractivity contribution in [3.63, 3.8) is 0 Å². The van der Waals surface area contributed by atoms with E-state index in [0.29, 0.717) is 18.9 Å². The Hall–Kier alpha value is -1.88. The lowest BCUT2D eigenvalue weighted by molar-refractivity contribution is -0.145. The highest BCUT2D eigenvalue weighted by Crippen LogP contribution is 2.22. The van der Waals surface area contributed by atoms with Crippen LogP contribution in [0.2, 0.25) is 0 Å². The molecule has 0 aliphatic carbocycles. The third-order valence-electron chi connectivity index (χ3n) is 4.49. The molecule has 5 nitrogen and oxygen atoms in total. The molecule has 1 heterocycles. The molecule has 2 unspecified atom stereocenters. The zero-order chi connectivity index (χ0) is 17.5. The number of piperidine rings is 1. The van der Waals surface area contributed by atoms with Crippen LogP contribution >= 0.6 is 0 Å². The predicted octanol–water partition coefficient (Wildman–Crippen LogP) is 2.83. The number of likely N-dealkylation sites (tertiary alicyclic amines) is 1. The number of hydrogen-bond donors (Lipinski definition) is 2. The second kappa shape index (κ2) is 8.83. The maximum absolute atomic E-state index is 12.5. The summed E-state index contributed by atoms with van der Waals surface area (Å²) in [6.07, 6.45) is 3.34. The molecule has 1 aromatic carbocycles. The van der Waals surface area contributed by atoms with Crippen molar-refractivity contribution in [3.05, 3.63) is 35.9 Å². The van der Waals surface area contributed by atoms with E-state index in [1.807, 2.05) is 30.3 Å². The molecule has 0 bridgehead atoms. The second-order valence-electron chi connectivity index (χ2n) is 6.98. The Morgan fingerprint density at radius 1 is 1.25 bits per heavy atom. The fraction of sp³-hybridized carbons (Fsp3) is 0.579. The highest BCUT2D eigenvalue weighted by atomic mass is 16.4. The number of nitrogens with zero attached hydrogens (tertiary/aromatic N) is 1. The van der Waals surface area contributed by atoms with Crippen LogP contribution < -0.4 is 5.32 Å². The maximum atomic E-state index is 12.5. The molecule has 2 N–H and O–H groups in total. The first-order valence-electron chi connectivity index (χ1n) is 8.78. The number of carbonyl (C=O) groups is 2. The number of carboxylic acid groups (broad SMARTS) is 1. The summed E-state index contributed by atoms with van der Waals surface area (Å²) in [5.41, 5.74) is 1.09. The van der Waals surface area contributed by atoms with E-state index >= 15 is 0 Å². The third-order valence-corrected chi connectivity index (χ3v) is 4.49. The Kier molecular flexibility index (Phi) is 6.79. The summed E-state index contributed by atoms with van der Waals surface area (Å²) in [4.78, 5) is 25.7. The van der Waals surface area contributed by atoms with Crippen molar-refractivity contribution in [2.45, 2.75) is 51.6 Å². The molecule has 132 valence electrons. The van der Waals surface area contributed by atoms with Gasteiger partial charge in [-0.3, -0.25) is 14.5 Å². The van der Waals surface area contributed by atoms with Gasteiger partial charge in [-0.1, -0.05) is 50.6 Å². The molecule has 1 aliphatic heterocycles. The van der Waals surface area contributed by atoms with Gasteiger partial charge in [0, 0.05) is 0 Å². The van der Waals surface area contributed by atoms with Crippen LogP contribution in [0.25, 0.3) is 0 Å². The zero-order valence-corrected chi connectivity index (χ0v) is 14.6. The topological polar surface area (TPSA) is 69.6 Å². The van der Waals surface area contributed by atoms with E-state index in [0.717, 1.165) is 24.8 Å². The minimum absolute atomic E-state index is 0.0354. The van der Waals surface area contributed by atoms with Crippen LogP contribution in [0.15, 0.2) is 30.3 Å². The molecule has 0 spiro atoms. The lowest BCUT2D eigenvalue weighted by Gasteiger charge is -2.32. The average Bonchev–Trinajstić information content (AvgIpc) is 2.55. The van der Waals surface area contributed by atoms with Crippen LogP contribution in [-0.2, 0) is 9.59 Å². The van der Waals surface area contributed by atoms with Gasteiger partial charge in [-0.15, -0.1) is 0 Å². The normalized spacial score (nSPS) is 19.9. The van der Waals surface area contributed by atoms with Gasteiger partial charge in [0.05, 0.1) is 12.6 Å². The van der Waals surface area contributed by atoms with Crippen molar-refractivity contribution >= 4 is 11.9 Å². The van der Waals surface area contributed by atoms with Gasteiger partial charge >= 0.3 is 5.97 Å². The summed E-state index contributed by atoms with van der Waals surface area (Å²) in [5, 5.41) is 12.4. The number of rotatable bonds is 7. The van der Waals surface area contributed by atoms with Gasteiger partial charge in [0.2, 0.25) is 5.91 Å². The summed E-state index contributed by atoms with van der Waals surface area (Å²) in [5.74, 6) is -0.473. The van der Waals surface area contributed by atoms with Gasteiger partial charge < -0.3 is 10.4 Å². The molecule has 5 heteroatoms. The fourth-order valence-electron chi connectivity index (χ4n) is 3.32. The number of nitrogens with one attached hydrogen (secondary N) is 1. The number of carboxylic acids is 1. The van der Waals surface area contributed by atoms with Crippen molar-refractivity contribution in [1.82, 2.24) is 10.2 Å². The molecular formula is C19H28N2O3. The molecule has 1 fully saturated rings. The molecule has 1 saturated heterocycles. The van der Waals surface area contributed by atoms with E-state index in [1.165, 1.54) is 0 Å². The highest BCUT2D eigenvalue weighted by molar-refractivity contribution is 5.80. The van der Waals surface area contributed by atoms with E-state index < -0.39 is 12.0 Å². The van der Waals surface area contributed by atoms with Crippen molar-refractivity contribution in [2.24, 2.45) is 5.92 Å². The van der Waals surface area contributed by atoms with E-state index in [9.17, 15) is 14.7 Å². The van der Waals surface area contributed by atoms with Crippen molar-refractivity contribution in [1.29, 1.82) is 0 Å². The minimum atomic E-state index is -0.829. The lowest BCUT2D eigenvalue weighted by atomic mass is 9.97. The summed E-state index contributed by atoms with van der Waals surface area (Å²) in [6, 6.07) is 9.38. The molecule has 1 aliphatic rings. The SMILES string of the molecule is CC(C)CC(NC(=O)CN1CCCCC1C(=O)O)c1ccccc1. The first-order chi connectivity index (χ1) is 11.5. The first-order valence-corrected chi connectivity index (χ1v) is 8.78. The smallest absolute Gasteiger partial charge is 0.320 e.